The van der Waals surface area contributed by atoms with Gasteiger partial charge in [0.15, 0.2) is 6.23 Å². The maximum Gasteiger partial charge on any atom is 0.340 e. The molecule has 1 fully saturated rings. The zero-order chi connectivity index (χ0) is 22.2. The van der Waals surface area contributed by atoms with Gasteiger partial charge in [0.05, 0.1) is 36.5 Å². The van der Waals surface area contributed by atoms with Gasteiger partial charge in [0.25, 0.3) is 0 Å². The molecule has 0 aliphatic carbocycles. The van der Waals surface area contributed by atoms with E-state index in [1.165, 1.54) is 12.3 Å². The summed E-state index contributed by atoms with van der Waals surface area (Å²) in [6.07, 6.45) is 1.10. The predicted molar refractivity (Wildman–Crippen MR) is 116 cm³/mol. The number of hydrogen-bond acceptors (Lipinski definition) is 8. The number of benzene rings is 1. The van der Waals surface area contributed by atoms with Gasteiger partial charge in [0.2, 0.25) is 0 Å². The number of hydrogen-bond donors (Lipinski definition) is 1. The van der Waals surface area contributed by atoms with Crippen LogP contribution in [0, 0.1) is 5.82 Å². The van der Waals surface area contributed by atoms with Crippen LogP contribution in [-0.4, -0.2) is 51.1 Å². The highest BCUT2D eigenvalue weighted by Crippen LogP contribution is 2.43. The molecule has 1 aromatic carbocycles. The average Bonchev–Trinajstić information content (AvgIpc) is 3.43. The zero-order valence-corrected chi connectivity index (χ0v) is 18.1. The number of furan rings is 1. The van der Waals surface area contributed by atoms with Crippen molar-refractivity contribution in [3.63, 3.8) is 0 Å². The lowest BCUT2D eigenvalue weighted by Crippen LogP contribution is -2.51. The number of anilines is 3. The molecule has 0 radical (unpaired) electrons. The number of fused-ring (bicyclic) bond motifs is 2. The van der Waals surface area contributed by atoms with E-state index in [9.17, 15) is 4.79 Å². The van der Waals surface area contributed by atoms with E-state index in [0.29, 0.717) is 61.3 Å². The molecule has 4 heterocycles. The molecule has 1 saturated heterocycles. The fourth-order valence-corrected chi connectivity index (χ4v) is 4.55. The molecule has 0 amide bonds. The SMILES string of the molecule is CCN1c2cc(N3CCOCC3)c(F)cc2N[C@@H]2C(C(=O)OCc3ccco3)=C(C)O[C@H]21. The lowest BCUT2D eigenvalue weighted by molar-refractivity contribution is -0.141. The molecule has 0 bridgehead atoms. The van der Waals surface area contributed by atoms with Gasteiger partial charge in [-0.3, -0.25) is 0 Å². The monoisotopic (exact) mass is 443 g/mol. The fourth-order valence-electron chi connectivity index (χ4n) is 4.55. The summed E-state index contributed by atoms with van der Waals surface area (Å²) in [5.74, 6) is 0.261. The quantitative estimate of drug-likeness (QED) is 0.706. The summed E-state index contributed by atoms with van der Waals surface area (Å²) in [4.78, 5) is 16.9. The van der Waals surface area contributed by atoms with Crippen molar-refractivity contribution in [3.8, 4) is 0 Å². The minimum Gasteiger partial charge on any atom is -0.472 e. The first-order chi connectivity index (χ1) is 15.6. The van der Waals surface area contributed by atoms with E-state index >= 15 is 4.39 Å². The van der Waals surface area contributed by atoms with Gasteiger partial charge in [-0.05, 0) is 32.0 Å². The van der Waals surface area contributed by atoms with E-state index in [1.54, 1.807) is 19.1 Å². The van der Waals surface area contributed by atoms with Crippen molar-refractivity contribution >= 4 is 23.0 Å². The van der Waals surface area contributed by atoms with Crippen LogP contribution >= 0.6 is 0 Å². The number of carbonyl (C=O) groups is 1. The molecule has 1 aromatic heterocycles. The first kappa shape index (κ1) is 20.7. The van der Waals surface area contributed by atoms with E-state index in [4.69, 9.17) is 18.6 Å². The van der Waals surface area contributed by atoms with Gasteiger partial charge in [0.1, 0.15) is 35.6 Å². The van der Waals surface area contributed by atoms with Crippen molar-refractivity contribution in [2.45, 2.75) is 32.7 Å². The lowest BCUT2D eigenvalue weighted by atomic mass is 10.0. The van der Waals surface area contributed by atoms with Crippen LogP contribution in [0.25, 0.3) is 0 Å². The molecule has 3 aliphatic rings. The van der Waals surface area contributed by atoms with Gasteiger partial charge in [0, 0.05) is 25.7 Å². The average molecular weight is 443 g/mol. The third-order valence-corrected chi connectivity index (χ3v) is 6.10. The normalized spacial score (nSPS) is 22.2. The molecule has 1 N–H and O–H groups in total. The van der Waals surface area contributed by atoms with Crippen LogP contribution < -0.4 is 15.1 Å². The minimum atomic E-state index is -0.483. The van der Waals surface area contributed by atoms with Crippen molar-refractivity contribution < 1.29 is 27.8 Å². The number of likely N-dealkylation sites (N-methyl/N-ethyl adjacent to an activating group) is 1. The summed E-state index contributed by atoms with van der Waals surface area (Å²) < 4.78 is 37.2. The Labute approximate surface area is 185 Å². The minimum absolute atomic E-state index is 0.0333. The first-order valence-electron chi connectivity index (χ1n) is 10.8. The number of rotatable bonds is 5. The number of nitrogens with one attached hydrogen (secondary N) is 1. The molecular formula is C23H26FN3O5. The third kappa shape index (κ3) is 3.56. The van der Waals surface area contributed by atoms with Crippen molar-refractivity contribution in [2.24, 2.45) is 0 Å². The Balaban J connectivity index is 1.41. The molecule has 9 heteroatoms. The van der Waals surface area contributed by atoms with Gasteiger partial charge in [-0.15, -0.1) is 0 Å². The predicted octanol–water partition coefficient (Wildman–Crippen LogP) is 3.25. The Morgan fingerprint density at radius 3 is 2.81 bits per heavy atom. The van der Waals surface area contributed by atoms with Gasteiger partial charge in [-0.25, -0.2) is 9.18 Å². The molecular weight excluding hydrogens is 417 g/mol. The van der Waals surface area contributed by atoms with Crippen molar-refractivity contribution in [1.29, 1.82) is 0 Å². The second-order valence-corrected chi connectivity index (χ2v) is 7.96. The summed E-state index contributed by atoms with van der Waals surface area (Å²) in [6.45, 7) is 6.86. The highest BCUT2D eigenvalue weighted by atomic mass is 19.1. The van der Waals surface area contributed by atoms with Crippen molar-refractivity contribution in [3.05, 3.63) is 53.4 Å². The Bertz CT molecular complexity index is 1030. The summed E-state index contributed by atoms with van der Waals surface area (Å²) in [7, 11) is 0. The molecule has 2 aromatic rings. The molecule has 170 valence electrons. The Morgan fingerprint density at radius 1 is 1.28 bits per heavy atom. The molecule has 0 saturated carbocycles. The number of carbonyl (C=O) groups excluding carboxylic acids is 1. The van der Waals surface area contributed by atoms with E-state index in [1.807, 2.05) is 17.9 Å². The topological polar surface area (TPSA) is 76.4 Å². The number of morpholine rings is 1. The highest BCUT2D eigenvalue weighted by Gasteiger charge is 2.46. The van der Waals surface area contributed by atoms with Gasteiger partial charge >= 0.3 is 5.97 Å². The lowest BCUT2D eigenvalue weighted by Gasteiger charge is -2.41. The van der Waals surface area contributed by atoms with E-state index < -0.39 is 18.2 Å². The number of esters is 1. The molecule has 3 aliphatic heterocycles. The molecule has 0 unspecified atom stereocenters. The van der Waals surface area contributed by atoms with Crippen LogP contribution in [0.2, 0.25) is 0 Å². The van der Waals surface area contributed by atoms with Crippen LogP contribution in [-0.2, 0) is 25.6 Å². The third-order valence-electron chi connectivity index (χ3n) is 6.10. The standard InChI is InChI=1S/C23H26FN3O5/c1-3-27-19-12-18(26-6-9-29-10-7-26)16(24)11-17(19)25-21-20(14(2)32-22(21)27)23(28)31-13-15-5-4-8-30-15/h4-5,8,11-12,21-22,25H,3,6-7,9-10,13H2,1-2H3/t21-,22-/m1/s1. The molecule has 32 heavy (non-hydrogen) atoms. The second kappa shape index (κ2) is 8.38. The van der Waals surface area contributed by atoms with Crippen LogP contribution in [0.15, 0.2) is 46.3 Å². The molecule has 8 nitrogen and oxygen atoms in total. The summed E-state index contributed by atoms with van der Waals surface area (Å²) in [5.41, 5.74) is 2.42. The Hall–Kier alpha value is -3.20. The summed E-state index contributed by atoms with van der Waals surface area (Å²) >= 11 is 0. The Morgan fingerprint density at radius 2 is 2.09 bits per heavy atom. The first-order valence-corrected chi connectivity index (χ1v) is 10.8. The zero-order valence-electron chi connectivity index (χ0n) is 18.1. The van der Waals surface area contributed by atoms with Crippen LogP contribution in [0.4, 0.5) is 21.5 Å². The largest absolute Gasteiger partial charge is 0.472 e. The van der Waals surface area contributed by atoms with Gasteiger partial charge in [-0.2, -0.15) is 0 Å². The van der Waals surface area contributed by atoms with Crippen molar-refractivity contribution in [1.82, 2.24) is 0 Å². The van der Waals surface area contributed by atoms with E-state index in [2.05, 4.69) is 10.2 Å². The number of halogens is 1. The van der Waals surface area contributed by atoms with Crippen LogP contribution in [0.5, 0.6) is 0 Å². The van der Waals surface area contributed by atoms with Crippen molar-refractivity contribution in [2.75, 3.05) is 48.0 Å². The fraction of sp³-hybridized carbons (Fsp3) is 0.435. The maximum atomic E-state index is 15.1. The van der Waals surface area contributed by atoms with Crippen LogP contribution in [0.1, 0.15) is 19.6 Å². The number of ether oxygens (including phenoxy) is 3. The second-order valence-electron chi connectivity index (χ2n) is 7.96. The molecule has 2 atom stereocenters. The molecule has 0 spiro atoms. The van der Waals surface area contributed by atoms with E-state index in [0.717, 1.165) is 5.69 Å². The van der Waals surface area contributed by atoms with Gasteiger partial charge < -0.3 is 33.7 Å². The van der Waals surface area contributed by atoms with Gasteiger partial charge in [-0.1, -0.05) is 0 Å². The number of nitrogens with zero attached hydrogens (tertiary/aromatic N) is 2. The summed E-state index contributed by atoms with van der Waals surface area (Å²) in [5, 5.41) is 3.32. The highest BCUT2D eigenvalue weighted by molar-refractivity contribution is 5.93. The number of allylic oxidation sites excluding steroid dienone is 1. The molecule has 5 rings (SSSR count). The summed E-state index contributed by atoms with van der Waals surface area (Å²) in [6, 6.07) is 6.36. The smallest absolute Gasteiger partial charge is 0.340 e. The maximum absolute atomic E-state index is 15.1. The van der Waals surface area contributed by atoms with E-state index in [-0.39, 0.29) is 12.4 Å². The van der Waals surface area contributed by atoms with Crippen LogP contribution in [0.3, 0.4) is 0 Å². The Kier molecular flexibility index (Phi) is 5.42.